The predicted octanol–water partition coefficient (Wildman–Crippen LogP) is 2.68. The van der Waals surface area contributed by atoms with Crippen LogP contribution < -0.4 is 20.3 Å². The molecule has 1 saturated carbocycles. The number of fused-ring (bicyclic) bond motifs is 3. The van der Waals surface area contributed by atoms with Crippen molar-refractivity contribution in [1.82, 2.24) is 20.2 Å². The topological polar surface area (TPSA) is 96.5 Å². The molecule has 8 nitrogen and oxygen atoms in total. The molecule has 1 amide bonds. The first-order valence-corrected chi connectivity index (χ1v) is 11.8. The van der Waals surface area contributed by atoms with Crippen LogP contribution in [0.3, 0.4) is 0 Å². The minimum absolute atomic E-state index is 0.0194. The van der Waals surface area contributed by atoms with E-state index in [0.29, 0.717) is 48.4 Å². The van der Waals surface area contributed by atoms with E-state index in [-0.39, 0.29) is 40.7 Å². The summed E-state index contributed by atoms with van der Waals surface area (Å²) in [4.78, 5) is 32.8. The molecule has 3 aromatic rings. The van der Waals surface area contributed by atoms with Crippen molar-refractivity contribution >= 4 is 16.8 Å². The number of carbonyl (C=O) groups is 1. The number of rotatable bonds is 6. The highest BCUT2D eigenvalue weighted by Gasteiger charge is 2.38. The predicted molar refractivity (Wildman–Crippen MR) is 123 cm³/mol. The van der Waals surface area contributed by atoms with Crippen LogP contribution in [0.2, 0.25) is 0 Å². The van der Waals surface area contributed by atoms with Crippen LogP contribution in [0.25, 0.3) is 10.9 Å². The number of carbonyl (C=O) groups excluding carboxylic acids is 1. The second-order valence-electron chi connectivity index (χ2n) is 9.38. The molecular weight excluding hydrogens is 458 g/mol. The highest BCUT2D eigenvalue weighted by Crippen LogP contribution is 2.34. The van der Waals surface area contributed by atoms with Gasteiger partial charge in [0.25, 0.3) is 17.4 Å². The number of nitrogens with one attached hydrogen (secondary N) is 2. The van der Waals surface area contributed by atoms with E-state index < -0.39 is 17.7 Å². The summed E-state index contributed by atoms with van der Waals surface area (Å²) in [6.45, 7) is 3.11. The van der Waals surface area contributed by atoms with Crippen molar-refractivity contribution in [3.05, 3.63) is 63.2 Å². The lowest BCUT2D eigenvalue weighted by atomic mass is 9.98. The lowest BCUT2D eigenvalue weighted by Crippen LogP contribution is -2.60. The van der Waals surface area contributed by atoms with E-state index in [1.54, 1.807) is 12.1 Å². The normalized spacial score (nSPS) is 21.3. The molecule has 2 atom stereocenters. The Hall–Kier alpha value is -3.53. The molecule has 2 aromatic heterocycles. The van der Waals surface area contributed by atoms with Crippen LogP contribution in [-0.2, 0) is 13.0 Å². The fraction of sp³-hybridized carbons (Fsp3) is 0.400. The summed E-state index contributed by atoms with van der Waals surface area (Å²) in [6.07, 6.45) is 2.08. The van der Waals surface area contributed by atoms with Gasteiger partial charge in [0.1, 0.15) is 17.5 Å². The van der Waals surface area contributed by atoms with Crippen LogP contribution in [0.1, 0.15) is 41.4 Å². The number of nitrogens with zero attached hydrogens (tertiary/aromatic N) is 2. The number of aromatic amines is 1. The quantitative estimate of drug-likeness (QED) is 0.525. The Bertz CT molecular complexity index is 1400. The summed E-state index contributed by atoms with van der Waals surface area (Å²) in [5.41, 5.74) is 0.840. The molecule has 4 heterocycles. The fourth-order valence-electron chi connectivity index (χ4n) is 4.65. The zero-order valence-electron chi connectivity index (χ0n) is 19.1. The van der Waals surface area contributed by atoms with Gasteiger partial charge in [-0.25, -0.2) is 9.37 Å². The number of hydrogen-bond acceptors (Lipinski definition) is 6. The number of aromatic nitrogens is 2. The van der Waals surface area contributed by atoms with Crippen LogP contribution >= 0.6 is 0 Å². The number of likely N-dealkylation sites (tertiary alicyclic amines) is 1. The molecule has 1 saturated heterocycles. The molecule has 2 aliphatic heterocycles. The lowest BCUT2D eigenvalue weighted by Gasteiger charge is -2.45. The maximum absolute atomic E-state index is 15.3. The van der Waals surface area contributed by atoms with Gasteiger partial charge in [-0.05, 0) is 38.0 Å². The Labute approximate surface area is 199 Å². The maximum atomic E-state index is 15.3. The zero-order chi connectivity index (χ0) is 24.3. The summed E-state index contributed by atoms with van der Waals surface area (Å²) >= 11 is 0. The molecule has 0 bridgehead atoms. The molecule has 0 unspecified atom stereocenters. The van der Waals surface area contributed by atoms with Crippen LogP contribution in [0.5, 0.6) is 11.5 Å². The van der Waals surface area contributed by atoms with Gasteiger partial charge >= 0.3 is 0 Å². The molecule has 2 N–H and O–H groups in total. The summed E-state index contributed by atoms with van der Waals surface area (Å²) in [6, 6.07) is 6.39. The van der Waals surface area contributed by atoms with E-state index in [9.17, 15) is 14.0 Å². The van der Waals surface area contributed by atoms with Crippen molar-refractivity contribution in [2.45, 2.75) is 50.9 Å². The van der Waals surface area contributed by atoms with Gasteiger partial charge in [-0.1, -0.05) is 6.07 Å². The van der Waals surface area contributed by atoms with E-state index in [1.807, 2.05) is 11.8 Å². The molecule has 0 spiro atoms. The number of amides is 1. The first kappa shape index (κ1) is 22.0. The second kappa shape index (κ2) is 8.30. The van der Waals surface area contributed by atoms with Crippen molar-refractivity contribution < 1.29 is 23.0 Å². The smallest absolute Gasteiger partial charge is 0.270 e. The van der Waals surface area contributed by atoms with Gasteiger partial charge < -0.3 is 19.8 Å². The fourth-order valence-corrected chi connectivity index (χ4v) is 4.65. The number of pyridine rings is 2. The van der Waals surface area contributed by atoms with Crippen LogP contribution in [0.4, 0.5) is 8.78 Å². The summed E-state index contributed by atoms with van der Waals surface area (Å²) in [7, 11) is 0. The number of benzene rings is 1. The second-order valence-corrected chi connectivity index (χ2v) is 9.38. The van der Waals surface area contributed by atoms with E-state index >= 15 is 4.39 Å². The largest absolute Gasteiger partial charge is 0.492 e. The molecule has 182 valence electrons. The Morgan fingerprint density at radius 1 is 1.29 bits per heavy atom. The van der Waals surface area contributed by atoms with Crippen LogP contribution in [0.15, 0.2) is 29.1 Å². The number of hydrogen-bond donors (Lipinski definition) is 2. The van der Waals surface area contributed by atoms with Crippen molar-refractivity contribution in [3.63, 3.8) is 0 Å². The molecule has 35 heavy (non-hydrogen) atoms. The standard InChI is InChI=1S/C25H24F2N4O4/c1-12-19(35-18-7-6-17(29-23(18)27)25(33)28-14-3-4-14)11-31(12)10-13-2-5-15-21(20(13)26)30-24(32)16-8-9-34-22(15)16/h2,5-7,12,14,19H,3-4,8-11H2,1H3,(H,28,33)(H,30,32)/t12-,19-/m0/s1. The molecule has 1 aromatic carbocycles. The first-order chi connectivity index (χ1) is 16.9. The summed E-state index contributed by atoms with van der Waals surface area (Å²) in [5, 5.41) is 3.34. The van der Waals surface area contributed by atoms with Crippen molar-refractivity contribution in [2.75, 3.05) is 13.2 Å². The molecular formula is C25H24F2N4O4. The van der Waals surface area contributed by atoms with Gasteiger partial charge in [-0.15, -0.1) is 0 Å². The molecule has 2 fully saturated rings. The summed E-state index contributed by atoms with van der Waals surface area (Å²) in [5.74, 6) is -1.26. The molecule has 0 radical (unpaired) electrons. The molecule has 3 aliphatic rings. The third-order valence-electron chi connectivity index (χ3n) is 6.99. The number of H-pyrrole nitrogens is 1. The average molecular weight is 482 g/mol. The maximum Gasteiger partial charge on any atom is 0.270 e. The SMILES string of the molecule is C[C@H]1[C@@H](Oc2ccc(C(=O)NC3CC3)nc2F)CN1Cc1ccc2c3c(c(=O)[nH]c2c1F)CCO3. The monoisotopic (exact) mass is 482 g/mol. The van der Waals surface area contributed by atoms with Crippen molar-refractivity contribution in [1.29, 1.82) is 0 Å². The van der Waals surface area contributed by atoms with Crippen molar-refractivity contribution in [2.24, 2.45) is 0 Å². The van der Waals surface area contributed by atoms with Crippen molar-refractivity contribution in [3.8, 4) is 11.5 Å². The van der Waals surface area contributed by atoms with E-state index in [4.69, 9.17) is 9.47 Å². The van der Waals surface area contributed by atoms with E-state index in [1.165, 1.54) is 12.1 Å². The van der Waals surface area contributed by atoms with Crippen LogP contribution in [0, 0.1) is 11.8 Å². The Balaban J connectivity index is 1.13. The molecule has 1 aliphatic carbocycles. The Morgan fingerprint density at radius 2 is 2.11 bits per heavy atom. The average Bonchev–Trinajstić information content (AvgIpc) is 3.51. The molecule has 6 rings (SSSR count). The number of ether oxygens (including phenoxy) is 2. The van der Waals surface area contributed by atoms with Gasteiger partial charge in [0.2, 0.25) is 0 Å². The minimum atomic E-state index is -0.835. The molecule has 10 heteroatoms. The van der Waals surface area contributed by atoms with E-state index in [2.05, 4.69) is 15.3 Å². The van der Waals surface area contributed by atoms with Gasteiger partial charge in [-0.3, -0.25) is 14.5 Å². The Morgan fingerprint density at radius 3 is 2.86 bits per heavy atom. The van der Waals surface area contributed by atoms with Gasteiger partial charge in [-0.2, -0.15) is 4.39 Å². The van der Waals surface area contributed by atoms with Gasteiger partial charge in [0.15, 0.2) is 11.6 Å². The number of halogens is 2. The Kier molecular flexibility index (Phi) is 5.21. The minimum Gasteiger partial charge on any atom is -0.492 e. The van der Waals surface area contributed by atoms with Gasteiger partial charge in [0, 0.05) is 42.5 Å². The van der Waals surface area contributed by atoms with E-state index in [0.717, 1.165) is 12.8 Å². The third kappa shape index (κ3) is 3.91. The van der Waals surface area contributed by atoms with Crippen LogP contribution in [-0.4, -0.2) is 52.1 Å². The first-order valence-electron chi connectivity index (χ1n) is 11.8. The lowest BCUT2D eigenvalue weighted by molar-refractivity contribution is -0.0437. The highest BCUT2D eigenvalue weighted by atomic mass is 19.1. The third-order valence-corrected chi connectivity index (χ3v) is 6.99. The van der Waals surface area contributed by atoms with Gasteiger partial charge in [0.05, 0.1) is 17.7 Å². The summed E-state index contributed by atoms with van der Waals surface area (Å²) < 4.78 is 41.1. The highest BCUT2D eigenvalue weighted by molar-refractivity contribution is 5.92. The zero-order valence-corrected chi connectivity index (χ0v) is 19.1.